The summed E-state index contributed by atoms with van der Waals surface area (Å²) >= 11 is 0. The number of hydrogen-bond donors (Lipinski definition) is 2. The Morgan fingerprint density at radius 2 is 2.11 bits per heavy atom. The number of phenols is 1. The van der Waals surface area contributed by atoms with Crippen LogP contribution in [0.25, 0.3) is 0 Å². The molecular formula is C15H24N2O. The van der Waals surface area contributed by atoms with Gasteiger partial charge in [0.15, 0.2) is 0 Å². The van der Waals surface area contributed by atoms with Crippen LogP contribution < -0.4 is 5.73 Å². The van der Waals surface area contributed by atoms with E-state index < -0.39 is 0 Å². The molecule has 0 saturated carbocycles. The first-order valence-electron chi connectivity index (χ1n) is 6.91. The van der Waals surface area contributed by atoms with Crippen LogP contribution >= 0.6 is 0 Å². The summed E-state index contributed by atoms with van der Waals surface area (Å²) in [5.74, 6) is 1.04. The molecule has 2 unspecified atom stereocenters. The molecule has 0 amide bonds. The molecule has 1 aliphatic rings. The lowest BCUT2D eigenvalue weighted by molar-refractivity contribution is 0.239. The van der Waals surface area contributed by atoms with Gasteiger partial charge in [0.05, 0.1) is 0 Å². The normalized spacial score (nSPS) is 22.2. The second-order valence-electron chi connectivity index (χ2n) is 5.44. The number of rotatable bonds is 5. The van der Waals surface area contributed by atoms with E-state index in [9.17, 15) is 5.11 Å². The first kappa shape index (κ1) is 13.4. The summed E-state index contributed by atoms with van der Waals surface area (Å²) in [6, 6.07) is 8.17. The third-order valence-corrected chi connectivity index (χ3v) is 4.06. The number of hydrogen-bond acceptors (Lipinski definition) is 3. The van der Waals surface area contributed by atoms with E-state index in [4.69, 9.17) is 5.73 Å². The molecule has 0 spiro atoms. The summed E-state index contributed by atoms with van der Waals surface area (Å²) in [5.41, 5.74) is 7.03. The van der Waals surface area contributed by atoms with Crippen molar-refractivity contribution >= 4 is 0 Å². The van der Waals surface area contributed by atoms with E-state index >= 15 is 0 Å². The lowest BCUT2D eigenvalue weighted by Crippen LogP contribution is -2.32. The lowest BCUT2D eigenvalue weighted by Gasteiger charge is -2.24. The van der Waals surface area contributed by atoms with Gasteiger partial charge < -0.3 is 15.7 Å². The molecule has 1 aliphatic heterocycles. The van der Waals surface area contributed by atoms with E-state index in [1.54, 1.807) is 12.1 Å². The minimum absolute atomic E-state index is 0.345. The van der Waals surface area contributed by atoms with Crippen LogP contribution in [-0.2, 0) is 6.42 Å². The predicted molar refractivity (Wildman–Crippen MR) is 74.6 cm³/mol. The third-order valence-electron chi connectivity index (χ3n) is 4.06. The molecule has 100 valence electrons. The topological polar surface area (TPSA) is 49.5 Å². The van der Waals surface area contributed by atoms with Crippen molar-refractivity contribution in [3.63, 3.8) is 0 Å². The summed E-state index contributed by atoms with van der Waals surface area (Å²) in [6.45, 7) is 5.48. The Morgan fingerprint density at radius 1 is 1.39 bits per heavy atom. The molecule has 3 heteroatoms. The van der Waals surface area contributed by atoms with Crippen LogP contribution in [0.15, 0.2) is 24.3 Å². The molecule has 0 radical (unpaired) electrons. The summed E-state index contributed by atoms with van der Waals surface area (Å²) in [6.07, 6.45) is 3.49. The second-order valence-corrected chi connectivity index (χ2v) is 5.44. The maximum absolute atomic E-state index is 9.24. The van der Waals surface area contributed by atoms with Gasteiger partial charge in [-0.05, 0) is 62.9 Å². The Morgan fingerprint density at radius 3 is 2.72 bits per heavy atom. The fraction of sp³-hybridized carbons (Fsp3) is 0.600. The summed E-state index contributed by atoms with van der Waals surface area (Å²) in [4.78, 5) is 2.55. The van der Waals surface area contributed by atoms with Crippen LogP contribution in [0.5, 0.6) is 5.75 Å². The van der Waals surface area contributed by atoms with Gasteiger partial charge in [0, 0.05) is 12.6 Å². The van der Waals surface area contributed by atoms with Crippen molar-refractivity contribution in [3.8, 4) is 5.75 Å². The molecule has 0 bridgehead atoms. The third kappa shape index (κ3) is 3.47. The van der Waals surface area contributed by atoms with Gasteiger partial charge in [0.1, 0.15) is 5.75 Å². The number of benzene rings is 1. The van der Waals surface area contributed by atoms with Gasteiger partial charge in [-0.2, -0.15) is 0 Å². The highest BCUT2D eigenvalue weighted by Crippen LogP contribution is 2.20. The monoisotopic (exact) mass is 248 g/mol. The molecule has 2 atom stereocenters. The van der Waals surface area contributed by atoms with Gasteiger partial charge >= 0.3 is 0 Å². The van der Waals surface area contributed by atoms with Crippen molar-refractivity contribution in [2.45, 2.75) is 32.2 Å². The average molecular weight is 248 g/mol. The standard InChI is InChI=1S/C15H24N2O/c1-12(17-9-8-14(10-16)11-17)2-3-13-4-6-15(18)7-5-13/h4-7,12,14,18H,2-3,8-11,16H2,1H3. The van der Waals surface area contributed by atoms with E-state index in [1.807, 2.05) is 12.1 Å². The zero-order valence-corrected chi connectivity index (χ0v) is 11.2. The Hall–Kier alpha value is -1.06. The first-order chi connectivity index (χ1) is 8.69. The van der Waals surface area contributed by atoms with Crippen LogP contribution in [0.1, 0.15) is 25.3 Å². The van der Waals surface area contributed by atoms with Gasteiger partial charge in [-0.15, -0.1) is 0 Å². The van der Waals surface area contributed by atoms with Crippen LogP contribution in [-0.4, -0.2) is 35.7 Å². The molecular weight excluding hydrogens is 224 g/mol. The number of nitrogens with zero attached hydrogens (tertiary/aromatic N) is 1. The van der Waals surface area contributed by atoms with Gasteiger partial charge in [0.25, 0.3) is 0 Å². The number of aromatic hydroxyl groups is 1. The molecule has 0 aromatic heterocycles. The number of aryl methyl sites for hydroxylation is 1. The average Bonchev–Trinajstić information content (AvgIpc) is 2.86. The zero-order chi connectivity index (χ0) is 13.0. The molecule has 3 N–H and O–H groups in total. The van der Waals surface area contributed by atoms with E-state index in [2.05, 4.69) is 11.8 Å². The van der Waals surface area contributed by atoms with E-state index in [-0.39, 0.29) is 0 Å². The number of likely N-dealkylation sites (tertiary alicyclic amines) is 1. The minimum atomic E-state index is 0.345. The maximum Gasteiger partial charge on any atom is 0.115 e. The van der Waals surface area contributed by atoms with Crippen molar-refractivity contribution in [2.75, 3.05) is 19.6 Å². The lowest BCUT2D eigenvalue weighted by atomic mass is 10.1. The van der Waals surface area contributed by atoms with Crippen LogP contribution in [0, 0.1) is 5.92 Å². The Balaban J connectivity index is 1.78. The number of nitrogens with two attached hydrogens (primary N) is 1. The zero-order valence-electron chi connectivity index (χ0n) is 11.2. The molecule has 3 nitrogen and oxygen atoms in total. The van der Waals surface area contributed by atoms with Crippen molar-refractivity contribution < 1.29 is 5.11 Å². The van der Waals surface area contributed by atoms with Crippen molar-refractivity contribution in [1.29, 1.82) is 0 Å². The van der Waals surface area contributed by atoms with Gasteiger partial charge in [-0.1, -0.05) is 12.1 Å². The fourth-order valence-electron chi connectivity index (χ4n) is 2.68. The predicted octanol–water partition coefficient (Wildman–Crippen LogP) is 1.99. The highest BCUT2D eigenvalue weighted by molar-refractivity contribution is 5.25. The largest absolute Gasteiger partial charge is 0.508 e. The summed E-state index contributed by atoms with van der Waals surface area (Å²) in [7, 11) is 0. The Bertz CT molecular complexity index is 363. The maximum atomic E-state index is 9.24. The van der Waals surface area contributed by atoms with Gasteiger partial charge in [-0.3, -0.25) is 0 Å². The highest BCUT2D eigenvalue weighted by atomic mass is 16.3. The highest BCUT2D eigenvalue weighted by Gasteiger charge is 2.24. The van der Waals surface area contributed by atoms with E-state index in [0.29, 0.717) is 17.7 Å². The number of phenolic OH excluding ortho intramolecular Hbond substituents is 1. The summed E-state index contributed by atoms with van der Waals surface area (Å²) in [5, 5.41) is 9.24. The Labute approximate surface area is 110 Å². The minimum Gasteiger partial charge on any atom is -0.508 e. The molecule has 1 heterocycles. The Kier molecular flexibility index (Phi) is 4.61. The van der Waals surface area contributed by atoms with Gasteiger partial charge in [-0.25, -0.2) is 0 Å². The van der Waals surface area contributed by atoms with Crippen molar-refractivity contribution in [1.82, 2.24) is 4.90 Å². The molecule has 2 rings (SSSR count). The molecule has 0 aliphatic carbocycles. The molecule has 1 fully saturated rings. The van der Waals surface area contributed by atoms with Crippen LogP contribution in [0.3, 0.4) is 0 Å². The van der Waals surface area contributed by atoms with Gasteiger partial charge in [0.2, 0.25) is 0 Å². The fourth-order valence-corrected chi connectivity index (χ4v) is 2.68. The quantitative estimate of drug-likeness (QED) is 0.838. The second kappa shape index (κ2) is 6.21. The van der Waals surface area contributed by atoms with Crippen molar-refractivity contribution in [2.24, 2.45) is 11.7 Å². The summed E-state index contributed by atoms with van der Waals surface area (Å²) < 4.78 is 0. The first-order valence-corrected chi connectivity index (χ1v) is 6.91. The molecule has 18 heavy (non-hydrogen) atoms. The molecule has 1 saturated heterocycles. The molecule has 1 aromatic carbocycles. The smallest absolute Gasteiger partial charge is 0.115 e. The molecule has 1 aromatic rings. The van der Waals surface area contributed by atoms with E-state index in [0.717, 1.165) is 19.5 Å². The SMILES string of the molecule is CC(CCc1ccc(O)cc1)N1CCC(CN)C1. The van der Waals surface area contributed by atoms with Crippen LogP contribution in [0.2, 0.25) is 0 Å². The van der Waals surface area contributed by atoms with Crippen LogP contribution in [0.4, 0.5) is 0 Å². The van der Waals surface area contributed by atoms with Crippen molar-refractivity contribution in [3.05, 3.63) is 29.8 Å². The van der Waals surface area contributed by atoms with E-state index in [1.165, 1.54) is 24.9 Å².